The summed E-state index contributed by atoms with van der Waals surface area (Å²) in [5.74, 6) is 0.417. The topological polar surface area (TPSA) is 61.0 Å². The number of rotatable bonds is 9. The average molecular weight is 349 g/mol. The summed E-state index contributed by atoms with van der Waals surface area (Å²) < 4.78 is 0. The molecule has 0 aromatic carbocycles. The van der Waals surface area contributed by atoms with Gasteiger partial charge in [0, 0.05) is 12.2 Å². The first-order valence-corrected chi connectivity index (χ1v) is 9.58. The normalized spacial score (nSPS) is 12.8. The molecule has 24 heavy (non-hydrogen) atoms. The van der Waals surface area contributed by atoms with Gasteiger partial charge in [0.15, 0.2) is 0 Å². The molecule has 5 nitrogen and oxygen atoms in total. The highest BCUT2D eigenvalue weighted by atomic mass is 32.1. The monoisotopic (exact) mass is 348 g/mol. The Balaban J connectivity index is 2.00. The molecule has 1 atom stereocenters. The fraction of sp³-hybridized carbons (Fsp3) is 0.556. The van der Waals surface area contributed by atoms with E-state index in [0.29, 0.717) is 18.2 Å². The van der Waals surface area contributed by atoms with Gasteiger partial charge < -0.3 is 5.32 Å². The Bertz CT molecular complexity index is 617. The number of likely N-dealkylation sites (N-methyl/N-ethyl adjacent to an activating group) is 1. The van der Waals surface area contributed by atoms with Crippen LogP contribution in [0.2, 0.25) is 0 Å². The lowest BCUT2D eigenvalue weighted by molar-refractivity contribution is 0.0930. The third-order valence-corrected chi connectivity index (χ3v) is 4.83. The van der Waals surface area contributed by atoms with Crippen LogP contribution in [0.1, 0.15) is 55.5 Å². The van der Waals surface area contributed by atoms with Crippen LogP contribution in [0.25, 0.3) is 0 Å². The molecule has 132 valence electrons. The first kappa shape index (κ1) is 18.7. The number of carbonyl (C=O) groups excluding carboxylic acids is 1. The first-order valence-electron chi connectivity index (χ1n) is 8.63. The molecule has 0 saturated heterocycles. The minimum Gasteiger partial charge on any atom is -0.349 e. The third kappa shape index (κ3) is 4.92. The number of H-pyrrole nitrogens is 1. The maximum absolute atomic E-state index is 12.4. The molecule has 0 radical (unpaired) electrons. The number of nitrogens with one attached hydrogen (secondary N) is 2. The third-order valence-electron chi connectivity index (χ3n) is 4.13. The van der Waals surface area contributed by atoms with E-state index in [4.69, 9.17) is 0 Å². The maximum atomic E-state index is 12.4. The zero-order valence-corrected chi connectivity index (χ0v) is 15.8. The van der Waals surface area contributed by atoms with Crippen LogP contribution in [0.4, 0.5) is 0 Å². The second-order valence-electron chi connectivity index (χ2n) is 6.38. The molecule has 0 spiro atoms. The lowest BCUT2D eigenvalue weighted by Crippen LogP contribution is -2.38. The quantitative estimate of drug-likeness (QED) is 0.729. The Kier molecular flexibility index (Phi) is 6.99. The van der Waals surface area contributed by atoms with Crippen molar-refractivity contribution >= 4 is 17.2 Å². The second-order valence-corrected chi connectivity index (χ2v) is 7.16. The molecule has 0 aliphatic heterocycles. The van der Waals surface area contributed by atoms with Crippen LogP contribution in [-0.4, -0.2) is 40.6 Å². The number of hydrogen-bond acceptors (Lipinski definition) is 4. The highest BCUT2D eigenvalue weighted by molar-refractivity contribution is 7.07. The van der Waals surface area contributed by atoms with Gasteiger partial charge in [-0.25, -0.2) is 0 Å². The van der Waals surface area contributed by atoms with Gasteiger partial charge in [0.2, 0.25) is 0 Å². The van der Waals surface area contributed by atoms with E-state index < -0.39 is 0 Å². The largest absolute Gasteiger partial charge is 0.349 e. The van der Waals surface area contributed by atoms with E-state index in [1.165, 1.54) is 5.56 Å². The van der Waals surface area contributed by atoms with Gasteiger partial charge >= 0.3 is 0 Å². The zero-order valence-electron chi connectivity index (χ0n) is 15.0. The summed E-state index contributed by atoms with van der Waals surface area (Å²) in [6, 6.07) is 4.19. The smallest absolute Gasteiger partial charge is 0.271 e. The summed E-state index contributed by atoms with van der Waals surface area (Å²) >= 11 is 1.69. The summed E-state index contributed by atoms with van der Waals surface area (Å²) in [5.41, 5.74) is 2.73. The molecule has 2 rings (SSSR count). The van der Waals surface area contributed by atoms with E-state index in [2.05, 4.69) is 64.9 Å². The molecule has 0 bridgehead atoms. The van der Waals surface area contributed by atoms with E-state index in [1.54, 1.807) is 11.3 Å². The summed E-state index contributed by atoms with van der Waals surface area (Å²) in [6.45, 7) is 11.1. The lowest BCUT2D eigenvalue weighted by Gasteiger charge is -2.29. The molecule has 2 aromatic rings. The maximum Gasteiger partial charge on any atom is 0.271 e. The van der Waals surface area contributed by atoms with Crippen molar-refractivity contribution in [2.75, 3.05) is 19.6 Å². The molecular weight excluding hydrogens is 320 g/mol. The predicted molar refractivity (Wildman–Crippen MR) is 99.4 cm³/mol. The number of nitrogens with zero attached hydrogens (tertiary/aromatic N) is 2. The van der Waals surface area contributed by atoms with Crippen LogP contribution in [0.5, 0.6) is 0 Å². The lowest BCUT2D eigenvalue weighted by atomic mass is 10.1. The van der Waals surface area contributed by atoms with Crippen molar-refractivity contribution in [2.45, 2.75) is 40.2 Å². The van der Waals surface area contributed by atoms with Gasteiger partial charge in [-0.05, 0) is 53.9 Å². The molecule has 0 saturated carbocycles. The summed E-state index contributed by atoms with van der Waals surface area (Å²) in [5, 5.41) is 14.4. The van der Waals surface area contributed by atoms with Crippen LogP contribution < -0.4 is 5.32 Å². The molecule has 0 aliphatic rings. The van der Waals surface area contributed by atoms with E-state index in [9.17, 15) is 4.79 Å². The van der Waals surface area contributed by atoms with Crippen molar-refractivity contribution in [3.8, 4) is 0 Å². The van der Waals surface area contributed by atoms with Gasteiger partial charge in [-0.1, -0.05) is 27.7 Å². The van der Waals surface area contributed by atoms with Gasteiger partial charge in [0.05, 0.1) is 6.04 Å². The fourth-order valence-corrected chi connectivity index (χ4v) is 3.60. The Hall–Kier alpha value is -1.66. The van der Waals surface area contributed by atoms with E-state index >= 15 is 0 Å². The molecule has 1 unspecified atom stereocenters. The van der Waals surface area contributed by atoms with Crippen LogP contribution in [0, 0.1) is 5.92 Å². The molecule has 1 amide bonds. The Morgan fingerprint density at radius 2 is 2.12 bits per heavy atom. The van der Waals surface area contributed by atoms with Gasteiger partial charge in [-0.15, -0.1) is 0 Å². The molecule has 2 heterocycles. The van der Waals surface area contributed by atoms with Crippen molar-refractivity contribution in [1.29, 1.82) is 0 Å². The minimum absolute atomic E-state index is 0.117. The number of thiophene rings is 1. The highest BCUT2D eigenvalue weighted by Gasteiger charge is 2.20. The van der Waals surface area contributed by atoms with Crippen LogP contribution >= 0.6 is 11.3 Å². The molecule has 0 aliphatic carbocycles. The van der Waals surface area contributed by atoms with Crippen molar-refractivity contribution in [2.24, 2.45) is 5.92 Å². The SMILES string of the molecule is CCN(CC)C(CNC(=O)c1cc(CC(C)C)[nH]n1)c1ccsc1. The number of carbonyl (C=O) groups is 1. The molecule has 6 heteroatoms. The molecule has 2 aromatic heterocycles. The molecule has 0 fully saturated rings. The molecule has 2 N–H and O–H groups in total. The van der Waals surface area contributed by atoms with Gasteiger partial charge in [-0.2, -0.15) is 16.4 Å². The van der Waals surface area contributed by atoms with E-state index in [0.717, 1.165) is 25.2 Å². The Morgan fingerprint density at radius 3 is 2.71 bits per heavy atom. The van der Waals surface area contributed by atoms with E-state index in [-0.39, 0.29) is 11.9 Å². The number of amides is 1. The van der Waals surface area contributed by atoms with Crippen molar-refractivity contribution < 1.29 is 4.79 Å². The van der Waals surface area contributed by atoms with Crippen molar-refractivity contribution in [3.05, 3.63) is 39.8 Å². The fourth-order valence-electron chi connectivity index (χ4n) is 2.89. The van der Waals surface area contributed by atoms with Gasteiger partial charge in [0.1, 0.15) is 5.69 Å². The van der Waals surface area contributed by atoms with Gasteiger partial charge in [-0.3, -0.25) is 14.8 Å². The van der Waals surface area contributed by atoms with Crippen LogP contribution in [-0.2, 0) is 6.42 Å². The highest BCUT2D eigenvalue weighted by Crippen LogP contribution is 2.22. The first-order chi connectivity index (χ1) is 11.5. The van der Waals surface area contributed by atoms with Crippen LogP contribution in [0.15, 0.2) is 22.9 Å². The summed E-state index contributed by atoms with van der Waals surface area (Å²) in [6.07, 6.45) is 0.900. The average Bonchev–Trinajstić information content (AvgIpc) is 3.22. The Morgan fingerprint density at radius 1 is 1.38 bits per heavy atom. The summed E-state index contributed by atoms with van der Waals surface area (Å²) in [7, 11) is 0. The van der Waals surface area contributed by atoms with Crippen LogP contribution in [0.3, 0.4) is 0 Å². The standard InChI is InChI=1S/C18H28N4OS/c1-5-22(6-2)17(14-7-8-24-12-14)11-19-18(23)16-10-15(20-21-16)9-13(3)4/h7-8,10,12-13,17H,5-6,9,11H2,1-4H3,(H,19,23)(H,20,21). The summed E-state index contributed by atoms with van der Waals surface area (Å²) in [4.78, 5) is 14.8. The zero-order chi connectivity index (χ0) is 17.5. The predicted octanol–water partition coefficient (Wildman–Crippen LogP) is 3.48. The number of aromatic amines is 1. The minimum atomic E-state index is -0.117. The van der Waals surface area contributed by atoms with E-state index in [1.807, 2.05) is 6.07 Å². The molecular formula is C18H28N4OS. The second kappa shape index (κ2) is 8.99. The number of aromatic nitrogens is 2. The Labute approximate surface area is 148 Å². The number of hydrogen-bond donors (Lipinski definition) is 2. The van der Waals surface area contributed by atoms with Gasteiger partial charge in [0.25, 0.3) is 5.91 Å². The van der Waals surface area contributed by atoms with Crippen molar-refractivity contribution in [3.63, 3.8) is 0 Å². The van der Waals surface area contributed by atoms with Crippen molar-refractivity contribution in [1.82, 2.24) is 20.4 Å².